The lowest BCUT2D eigenvalue weighted by atomic mass is 10.1. The van der Waals surface area contributed by atoms with Crippen molar-refractivity contribution >= 4 is 22.8 Å². The number of Topliss-reactive ketones (excluding diaryl/α,β-unsaturated/α-hetero) is 1. The topological polar surface area (TPSA) is 26.8 Å². The van der Waals surface area contributed by atoms with E-state index in [0.717, 1.165) is 16.9 Å². The summed E-state index contributed by atoms with van der Waals surface area (Å²) in [6.45, 7) is 1.61. The van der Waals surface area contributed by atoms with Crippen molar-refractivity contribution in [3.05, 3.63) is 53.6 Å². The number of carbonyl (C=O) groups excluding carboxylic acids is 1. The maximum absolute atomic E-state index is 11.6. The SMILES string of the molecule is CC(=O)c1ccc2c(c1)N(C)C(c1ccc(N(C)C)cc1)N2C. The van der Waals surface area contributed by atoms with Crippen LogP contribution in [0.1, 0.15) is 29.0 Å². The van der Waals surface area contributed by atoms with Gasteiger partial charge in [-0.2, -0.15) is 0 Å². The predicted molar refractivity (Wildman–Crippen MR) is 96.8 cm³/mol. The van der Waals surface area contributed by atoms with Crippen LogP contribution in [0.3, 0.4) is 0 Å². The molecule has 1 heterocycles. The lowest BCUT2D eigenvalue weighted by molar-refractivity contribution is 0.101. The Morgan fingerprint density at radius 2 is 1.57 bits per heavy atom. The highest BCUT2D eigenvalue weighted by Crippen LogP contribution is 2.44. The summed E-state index contributed by atoms with van der Waals surface area (Å²) in [5.41, 5.74) is 5.43. The van der Waals surface area contributed by atoms with Gasteiger partial charge in [-0.05, 0) is 42.8 Å². The Kier molecular flexibility index (Phi) is 3.76. The molecule has 0 radical (unpaired) electrons. The first-order chi connectivity index (χ1) is 10.9. The second-order valence-electron chi connectivity index (χ2n) is 6.34. The van der Waals surface area contributed by atoms with E-state index < -0.39 is 0 Å². The van der Waals surface area contributed by atoms with Crippen LogP contribution in [-0.4, -0.2) is 34.0 Å². The van der Waals surface area contributed by atoms with E-state index in [9.17, 15) is 4.79 Å². The van der Waals surface area contributed by atoms with E-state index in [4.69, 9.17) is 0 Å². The summed E-state index contributed by atoms with van der Waals surface area (Å²) in [6.07, 6.45) is 0.142. The zero-order valence-corrected chi connectivity index (χ0v) is 14.4. The minimum atomic E-state index is 0.0997. The molecular formula is C19H23N3O. The Bertz CT molecular complexity index is 737. The van der Waals surface area contributed by atoms with Crippen molar-refractivity contribution in [2.24, 2.45) is 0 Å². The molecule has 0 saturated carbocycles. The van der Waals surface area contributed by atoms with Gasteiger partial charge in [-0.15, -0.1) is 0 Å². The van der Waals surface area contributed by atoms with Crippen molar-refractivity contribution in [3.63, 3.8) is 0 Å². The number of fused-ring (bicyclic) bond motifs is 1. The van der Waals surface area contributed by atoms with Crippen LogP contribution in [0.4, 0.5) is 17.1 Å². The number of carbonyl (C=O) groups is 1. The first-order valence-electron chi connectivity index (χ1n) is 7.78. The fraction of sp³-hybridized carbons (Fsp3) is 0.316. The number of ketones is 1. The third-order valence-electron chi connectivity index (χ3n) is 4.58. The molecule has 0 spiro atoms. The molecule has 4 heteroatoms. The largest absolute Gasteiger partial charge is 0.378 e. The average molecular weight is 309 g/mol. The smallest absolute Gasteiger partial charge is 0.159 e. The maximum Gasteiger partial charge on any atom is 0.159 e. The highest BCUT2D eigenvalue weighted by molar-refractivity contribution is 5.97. The standard InChI is InChI=1S/C19H23N3O/c1-13(23)15-8-11-17-18(12-15)22(5)19(21(17)4)14-6-9-16(10-7-14)20(2)3/h6-12,19H,1-5H3. The van der Waals surface area contributed by atoms with Crippen molar-refractivity contribution in [2.75, 3.05) is 42.9 Å². The molecule has 120 valence electrons. The van der Waals surface area contributed by atoms with Gasteiger partial charge in [0.25, 0.3) is 0 Å². The summed E-state index contributed by atoms with van der Waals surface area (Å²) in [7, 11) is 8.26. The van der Waals surface area contributed by atoms with Gasteiger partial charge in [0.1, 0.15) is 6.17 Å². The molecule has 0 fully saturated rings. The van der Waals surface area contributed by atoms with Crippen molar-refractivity contribution in [1.82, 2.24) is 0 Å². The first-order valence-corrected chi connectivity index (χ1v) is 7.78. The first kappa shape index (κ1) is 15.4. The molecular weight excluding hydrogens is 286 g/mol. The molecule has 0 aromatic heterocycles. The molecule has 0 saturated heterocycles. The Morgan fingerprint density at radius 3 is 2.13 bits per heavy atom. The number of rotatable bonds is 3. The Balaban J connectivity index is 1.97. The van der Waals surface area contributed by atoms with Crippen LogP contribution in [0.25, 0.3) is 0 Å². The Labute approximate surface area is 137 Å². The summed E-state index contributed by atoms with van der Waals surface area (Å²) in [6, 6.07) is 14.6. The zero-order valence-electron chi connectivity index (χ0n) is 14.4. The maximum atomic E-state index is 11.6. The number of nitrogens with zero attached hydrogens (tertiary/aromatic N) is 3. The van der Waals surface area contributed by atoms with Crippen molar-refractivity contribution in [2.45, 2.75) is 13.1 Å². The fourth-order valence-electron chi connectivity index (χ4n) is 3.24. The normalized spacial score (nSPS) is 16.5. The molecule has 1 unspecified atom stereocenters. The molecule has 1 aliphatic rings. The Morgan fingerprint density at radius 1 is 0.957 bits per heavy atom. The van der Waals surface area contributed by atoms with Crippen molar-refractivity contribution < 1.29 is 4.79 Å². The fourth-order valence-corrected chi connectivity index (χ4v) is 3.24. The van der Waals surface area contributed by atoms with Crippen LogP contribution in [0.15, 0.2) is 42.5 Å². The number of hydrogen-bond acceptors (Lipinski definition) is 4. The van der Waals surface area contributed by atoms with E-state index in [1.165, 1.54) is 11.3 Å². The third kappa shape index (κ3) is 2.54. The van der Waals surface area contributed by atoms with E-state index in [1.54, 1.807) is 6.92 Å². The van der Waals surface area contributed by atoms with E-state index >= 15 is 0 Å². The number of hydrogen-bond donors (Lipinski definition) is 0. The van der Waals surface area contributed by atoms with Gasteiger partial charge in [-0.1, -0.05) is 12.1 Å². The minimum absolute atomic E-state index is 0.0997. The molecule has 1 aliphatic heterocycles. The molecule has 0 aliphatic carbocycles. The van der Waals surface area contributed by atoms with E-state index in [1.807, 2.05) is 32.3 Å². The van der Waals surface area contributed by atoms with Gasteiger partial charge in [-0.25, -0.2) is 0 Å². The average Bonchev–Trinajstić information content (AvgIpc) is 2.78. The summed E-state index contributed by atoms with van der Waals surface area (Å²) >= 11 is 0. The molecule has 2 aromatic rings. The van der Waals surface area contributed by atoms with Gasteiger partial charge in [0.2, 0.25) is 0 Å². The van der Waals surface area contributed by atoms with Gasteiger partial charge < -0.3 is 14.7 Å². The van der Waals surface area contributed by atoms with Gasteiger partial charge in [-0.3, -0.25) is 4.79 Å². The number of benzene rings is 2. The molecule has 0 amide bonds. The zero-order chi connectivity index (χ0) is 16.7. The van der Waals surface area contributed by atoms with E-state index in [2.05, 4.69) is 53.1 Å². The van der Waals surface area contributed by atoms with Gasteiger partial charge in [0, 0.05) is 39.4 Å². The third-order valence-corrected chi connectivity index (χ3v) is 4.58. The highest BCUT2D eigenvalue weighted by atomic mass is 16.1. The molecule has 4 nitrogen and oxygen atoms in total. The minimum Gasteiger partial charge on any atom is -0.378 e. The van der Waals surface area contributed by atoms with Gasteiger partial charge >= 0.3 is 0 Å². The molecule has 23 heavy (non-hydrogen) atoms. The van der Waals surface area contributed by atoms with Crippen molar-refractivity contribution in [1.29, 1.82) is 0 Å². The van der Waals surface area contributed by atoms with Gasteiger partial charge in [0.05, 0.1) is 11.4 Å². The van der Waals surface area contributed by atoms with Gasteiger partial charge in [0.15, 0.2) is 5.78 Å². The lowest BCUT2D eigenvalue weighted by Gasteiger charge is -2.28. The molecule has 0 N–H and O–H groups in total. The van der Waals surface area contributed by atoms with Crippen molar-refractivity contribution in [3.8, 4) is 0 Å². The Hall–Kier alpha value is -2.49. The number of anilines is 3. The highest BCUT2D eigenvalue weighted by Gasteiger charge is 2.32. The van der Waals surface area contributed by atoms with Crippen LogP contribution in [0, 0.1) is 0 Å². The summed E-state index contributed by atoms with van der Waals surface area (Å²) < 4.78 is 0. The lowest BCUT2D eigenvalue weighted by Crippen LogP contribution is -2.30. The van der Waals surface area contributed by atoms with Crippen LogP contribution in [0.5, 0.6) is 0 Å². The molecule has 2 aromatic carbocycles. The second kappa shape index (κ2) is 5.61. The molecule has 3 rings (SSSR count). The monoisotopic (exact) mass is 309 g/mol. The summed E-state index contributed by atoms with van der Waals surface area (Å²) in [4.78, 5) is 18.2. The molecule has 1 atom stereocenters. The second-order valence-corrected chi connectivity index (χ2v) is 6.34. The predicted octanol–water partition coefficient (Wildman–Crippen LogP) is 3.54. The van der Waals surface area contributed by atoms with Crippen LogP contribution in [0.2, 0.25) is 0 Å². The van der Waals surface area contributed by atoms with Crippen LogP contribution in [-0.2, 0) is 0 Å². The molecule has 0 bridgehead atoms. The van der Waals surface area contributed by atoms with Crippen LogP contribution < -0.4 is 14.7 Å². The summed E-state index contributed by atoms with van der Waals surface area (Å²) in [5.74, 6) is 0.0997. The summed E-state index contributed by atoms with van der Waals surface area (Å²) in [5, 5.41) is 0. The quantitative estimate of drug-likeness (QED) is 0.810. The van der Waals surface area contributed by atoms with Crippen LogP contribution >= 0.6 is 0 Å². The van der Waals surface area contributed by atoms with E-state index in [-0.39, 0.29) is 11.9 Å². The van der Waals surface area contributed by atoms with E-state index in [0.29, 0.717) is 0 Å².